The molecular formula is C15H25N3. The van der Waals surface area contributed by atoms with Gasteiger partial charge in [-0.25, -0.2) is 0 Å². The highest BCUT2D eigenvalue weighted by Gasteiger charge is 2.23. The maximum absolute atomic E-state index is 4.35. The Morgan fingerprint density at radius 2 is 1.94 bits per heavy atom. The minimum Gasteiger partial charge on any atom is -0.297 e. The van der Waals surface area contributed by atoms with Crippen LogP contribution in [0.5, 0.6) is 0 Å². The fourth-order valence-corrected chi connectivity index (χ4v) is 2.86. The molecule has 2 heterocycles. The molecule has 0 radical (unpaired) electrons. The zero-order valence-corrected chi connectivity index (χ0v) is 11.9. The van der Waals surface area contributed by atoms with Crippen molar-refractivity contribution in [3.63, 3.8) is 0 Å². The molecule has 3 heteroatoms. The lowest BCUT2D eigenvalue weighted by molar-refractivity contribution is 0.146. The molecule has 0 spiro atoms. The van der Waals surface area contributed by atoms with Crippen molar-refractivity contribution in [2.45, 2.75) is 46.6 Å². The first-order valence-corrected chi connectivity index (χ1v) is 7.00. The van der Waals surface area contributed by atoms with Gasteiger partial charge in [0.05, 0.1) is 5.69 Å². The number of hydrogen-bond acceptors (Lipinski definition) is 3. The predicted octanol–water partition coefficient (Wildman–Crippen LogP) is 3.12. The van der Waals surface area contributed by atoms with Gasteiger partial charge in [-0.05, 0) is 43.7 Å². The highest BCUT2D eigenvalue weighted by atomic mass is 15.1. The van der Waals surface area contributed by atoms with Crippen LogP contribution < -0.4 is 0 Å². The molecule has 0 atom stereocenters. The summed E-state index contributed by atoms with van der Waals surface area (Å²) >= 11 is 0. The van der Waals surface area contributed by atoms with Crippen molar-refractivity contribution >= 4 is 0 Å². The van der Waals surface area contributed by atoms with Crippen molar-refractivity contribution in [2.24, 2.45) is 11.3 Å². The third-order valence-corrected chi connectivity index (χ3v) is 3.61. The normalized spacial score (nSPS) is 19.1. The van der Waals surface area contributed by atoms with Gasteiger partial charge in [-0.15, -0.1) is 0 Å². The highest BCUT2D eigenvalue weighted by molar-refractivity contribution is 4.94. The molecule has 0 N–H and O–H groups in total. The zero-order valence-electron chi connectivity index (χ0n) is 11.9. The summed E-state index contributed by atoms with van der Waals surface area (Å²) in [7, 11) is 0. The van der Waals surface area contributed by atoms with Crippen LogP contribution in [0, 0.1) is 11.3 Å². The Hall–Kier alpha value is -0.960. The summed E-state index contributed by atoms with van der Waals surface area (Å²) < 4.78 is 0. The molecule has 3 nitrogen and oxygen atoms in total. The van der Waals surface area contributed by atoms with Gasteiger partial charge < -0.3 is 0 Å². The van der Waals surface area contributed by atoms with Gasteiger partial charge in [-0.2, -0.15) is 0 Å². The van der Waals surface area contributed by atoms with Crippen LogP contribution in [0.4, 0.5) is 0 Å². The molecule has 0 unspecified atom stereocenters. The molecule has 1 saturated heterocycles. The van der Waals surface area contributed by atoms with E-state index in [1.54, 1.807) is 12.4 Å². The second kappa shape index (κ2) is 5.79. The fraction of sp³-hybridized carbons (Fsp3) is 0.733. The summed E-state index contributed by atoms with van der Waals surface area (Å²) in [4.78, 5) is 11.0. The van der Waals surface area contributed by atoms with Gasteiger partial charge in [0.25, 0.3) is 0 Å². The molecular weight excluding hydrogens is 222 g/mol. The average Bonchev–Trinajstić information content (AvgIpc) is 2.31. The minimum atomic E-state index is 0.470. The van der Waals surface area contributed by atoms with Gasteiger partial charge in [-0.3, -0.25) is 14.9 Å². The van der Waals surface area contributed by atoms with Crippen molar-refractivity contribution in [1.29, 1.82) is 0 Å². The number of rotatable bonds is 3. The Morgan fingerprint density at radius 3 is 2.50 bits per heavy atom. The second-order valence-electron chi connectivity index (χ2n) is 6.68. The largest absolute Gasteiger partial charge is 0.297 e. The van der Waals surface area contributed by atoms with Crippen LogP contribution in [0.25, 0.3) is 0 Å². The molecule has 1 fully saturated rings. The Labute approximate surface area is 111 Å². The van der Waals surface area contributed by atoms with E-state index in [0.29, 0.717) is 5.41 Å². The molecule has 18 heavy (non-hydrogen) atoms. The van der Waals surface area contributed by atoms with Crippen LogP contribution in [0.15, 0.2) is 18.6 Å². The lowest BCUT2D eigenvalue weighted by Crippen LogP contribution is -2.34. The molecule has 0 aromatic carbocycles. The van der Waals surface area contributed by atoms with Crippen LogP contribution in [-0.2, 0) is 6.54 Å². The van der Waals surface area contributed by atoms with Crippen LogP contribution in [0.2, 0.25) is 0 Å². The first-order chi connectivity index (χ1) is 8.53. The van der Waals surface area contributed by atoms with E-state index in [-0.39, 0.29) is 0 Å². The standard InChI is InChI=1S/C15H25N3/c1-15(2,3)10-13-4-8-18(9-5-13)12-14-11-16-6-7-17-14/h6-7,11,13H,4-5,8-10,12H2,1-3H3. The third kappa shape index (κ3) is 4.37. The smallest absolute Gasteiger partial charge is 0.0726 e. The maximum Gasteiger partial charge on any atom is 0.0726 e. The van der Waals surface area contributed by atoms with E-state index in [1.165, 1.54) is 32.4 Å². The number of aromatic nitrogens is 2. The number of hydrogen-bond donors (Lipinski definition) is 0. The van der Waals surface area contributed by atoms with Gasteiger partial charge in [0.1, 0.15) is 0 Å². The maximum atomic E-state index is 4.35. The summed E-state index contributed by atoms with van der Waals surface area (Å²) in [6.45, 7) is 10.4. The third-order valence-electron chi connectivity index (χ3n) is 3.61. The molecule has 100 valence electrons. The SMILES string of the molecule is CC(C)(C)CC1CCN(Cc2cnccn2)CC1. The zero-order chi connectivity index (χ0) is 13.0. The first kappa shape index (κ1) is 13.5. The molecule has 1 aliphatic heterocycles. The van der Waals surface area contributed by atoms with E-state index in [1.807, 2.05) is 6.20 Å². The van der Waals surface area contributed by atoms with E-state index in [0.717, 1.165) is 18.2 Å². The highest BCUT2D eigenvalue weighted by Crippen LogP contribution is 2.31. The number of likely N-dealkylation sites (tertiary alicyclic amines) is 1. The van der Waals surface area contributed by atoms with Gasteiger partial charge in [-0.1, -0.05) is 20.8 Å². The summed E-state index contributed by atoms with van der Waals surface area (Å²) in [6, 6.07) is 0. The van der Waals surface area contributed by atoms with E-state index in [9.17, 15) is 0 Å². The molecule has 1 aromatic rings. The quantitative estimate of drug-likeness (QED) is 0.821. The lowest BCUT2D eigenvalue weighted by Gasteiger charge is -2.34. The van der Waals surface area contributed by atoms with Gasteiger partial charge >= 0.3 is 0 Å². The first-order valence-electron chi connectivity index (χ1n) is 7.00. The topological polar surface area (TPSA) is 29.0 Å². The fourth-order valence-electron chi connectivity index (χ4n) is 2.86. The van der Waals surface area contributed by atoms with Gasteiger partial charge in [0, 0.05) is 25.1 Å². The van der Waals surface area contributed by atoms with E-state index in [2.05, 4.69) is 35.6 Å². The monoisotopic (exact) mass is 247 g/mol. The Morgan fingerprint density at radius 1 is 1.22 bits per heavy atom. The van der Waals surface area contributed by atoms with Crippen LogP contribution >= 0.6 is 0 Å². The van der Waals surface area contributed by atoms with Crippen molar-refractivity contribution in [3.05, 3.63) is 24.3 Å². The van der Waals surface area contributed by atoms with Gasteiger partial charge in [0.15, 0.2) is 0 Å². The molecule has 2 rings (SSSR count). The van der Waals surface area contributed by atoms with Crippen molar-refractivity contribution in [1.82, 2.24) is 14.9 Å². The molecule has 0 aliphatic carbocycles. The Balaban J connectivity index is 1.77. The van der Waals surface area contributed by atoms with E-state index in [4.69, 9.17) is 0 Å². The second-order valence-corrected chi connectivity index (χ2v) is 6.68. The average molecular weight is 247 g/mol. The number of piperidine rings is 1. The van der Waals surface area contributed by atoms with Crippen molar-refractivity contribution in [2.75, 3.05) is 13.1 Å². The predicted molar refractivity (Wildman–Crippen MR) is 74.1 cm³/mol. The molecule has 0 bridgehead atoms. The minimum absolute atomic E-state index is 0.470. The van der Waals surface area contributed by atoms with E-state index < -0.39 is 0 Å². The summed E-state index contributed by atoms with van der Waals surface area (Å²) in [5.74, 6) is 0.906. The summed E-state index contributed by atoms with van der Waals surface area (Å²) in [6.07, 6.45) is 9.41. The molecule has 0 saturated carbocycles. The Bertz CT molecular complexity index is 348. The Kier molecular flexibility index (Phi) is 4.33. The van der Waals surface area contributed by atoms with Crippen LogP contribution in [0.3, 0.4) is 0 Å². The summed E-state index contributed by atoms with van der Waals surface area (Å²) in [5.41, 5.74) is 1.56. The van der Waals surface area contributed by atoms with Crippen molar-refractivity contribution < 1.29 is 0 Å². The van der Waals surface area contributed by atoms with Crippen molar-refractivity contribution in [3.8, 4) is 0 Å². The summed E-state index contributed by atoms with van der Waals surface area (Å²) in [5, 5.41) is 0. The van der Waals surface area contributed by atoms with Gasteiger partial charge in [0.2, 0.25) is 0 Å². The van der Waals surface area contributed by atoms with E-state index >= 15 is 0 Å². The molecule has 1 aliphatic rings. The molecule has 0 amide bonds. The lowest BCUT2D eigenvalue weighted by atomic mass is 9.80. The van der Waals surface area contributed by atoms with Crippen LogP contribution in [0.1, 0.15) is 45.7 Å². The van der Waals surface area contributed by atoms with Crippen LogP contribution in [-0.4, -0.2) is 28.0 Å². The molecule has 1 aromatic heterocycles. The number of nitrogens with zero attached hydrogens (tertiary/aromatic N) is 3.